The molecule has 0 spiro atoms. The van der Waals surface area contributed by atoms with Gasteiger partial charge in [-0.3, -0.25) is 9.78 Å². The van der Waals surface area contributed by atoms with Crippen molar-refractivity contribution >= 4 is 18.0 Å². The fourth-order valence-corrected chi connectivity index (χ4v) is 1.67. The quantitative estimate of drug-likeness (QED) is 0.767. The van der Waals surface area contributed by atoms with Crippen LogP contribution in [0.4, 0.5) is 0 Å². The lowest BCUT2D eigenvalue weighted by molar-refractivity contribution is -0.146. The van der Waals surface area contributed by atoms with E-state index in [9.17, 15) is 9.59 Å². The maximum absolute atomic E-state index is 11.7. The van der Waals surface area contributed by atoms with Crippen molar-refractivity contribution in [1.29, 1.82) is 0 Å². The van der Waals surface area contributed by atoms with Crippen molar-refractivity contribution in [1.82, 2.24) is 10.3 Å². The zero-order valence-electron chi connectivity index (χ0n) is 11.1. The van der Waals surface area contributed by atoms with Crippen molar-refractivity contribution < 1.29 is 14.7 Å². The minimum absolute atomic E-state index is 0.380. The number of rotatable bonds is 6. The number of pyridine rings is 1. The maximum atomic E-state index is 11.7. The molecule has 0 fully saturated rings. The molecule has 0 saturated heterocycles. The van der Waals surface area contributed by atoms with Crippen molar-refractivity contribution in [3.05, 3.63) is 36.2 Å². The van der Waals surface area contributed by atoms with Crippen molar-refractivity contribution in [2.24, 2.45) is 0 Å². The first-order valence-electron chi connectivity index (χ1n) is 6.12. The lowest BCUT2D eigenvalue weighted by atomic mass is 9.96. The molecule has 1 atom stereocenters. The fraction of sp³-hybridized carbons (Fsp3) is 0.357. The van der Waals surface area contributed by atoms with Crippen molar-refractivity contribution in [2.45, 2.75) is 32.2 Å². The molecule has 102 valence electrons. The summed E-state index contributed by atoms with van der Waals surface area (Å²) in [6.07, 6.45) is 5.51. The molecule has 1 heterocycles. The number of carbonyl (C=O) groups excluding carboxylic acids is 1. The summed E-state index contributed by atoms with van der Waals surface area (Å²) in [6, 6.07) is 5.34. The van der Waals surface area contributed by atoms with E-state index in [0.29, 0.717) is 18.5 Å². The molecule has 1 rings (SSSR count). The Balaban J connectivity index is 2.68. The van der Waals surface area contributed by atoms with Crippen LogP contribution in [0.2, 0.25) is 0 Å². The molecule has 0 aromatic carbocycles. The molecule has 1 aromatic rings. The Morgan fingerprint density at radius 2 is 2.21 bits per heavy atom. The molecule has 0 aliphatic rings. The molecule has 0 aliphatic heterocycles. The van der Waals surface area contributed by atoms with E-state index in [0.717, 1.165) is 0 Å². The van der Waals surface area contributed by atoms with E-state index < -0.39 is 17.4 Å². The highest BCUT2D eigenvalue weighted by atomic mass is 16.4. The van der Waals surface area contributed by atoms with Gasteiger partial charge >= 0.3 is 5.97 Å². The average Bonchev–Trinajstić information content (AvgIpc) is 2.37. The lowest BCUT2D eigenvalue weighted by Crippen LogP contribution is -2.51. The second-order valence-electron chi connectivity index (χ2n) is 4.46. The molecule has 5 nitrogen and oxygen atoms in total. The molecular weight excluding hydrogens is 244 g/mol. The summed E-state index contributed by atoms with van der Waals surface area (Å²) in [5.74, 6) is -1.47. The Labute approximate surface area is 112 Å². The molecule has 19 heavy (non-hydrogen) atoms. The molecule has 0 saturated carbocycles. The van der Waals surface area contributed by atoms with E-state index in [4.69, 9.17) is 5.11 Å². The molecular formula is C14H18N2O3. The molecule has 1 unspecified atom stereocenters. The Bertz CT molecular complexity index is 471. The summed E-state index contributed by atoms with van der Waals surface area (Å²) >= 11 is 0. The standard InChI is InChI=1S/C14H18N2O3/c1-3-9-14(2,13(18)19)16-12(17)8-7-11-6-4-5-10-15-11/h4-8,10H,3,9H2,1-2H3,(H,16,17)(H,18,19). The number of nitrogens with one attached hydrogen (secondary N) is 1. The summed E-state index contributed by atoms with van der Waals surface area (Å²) in [4.78, 5) is 26.9. The maximum Gasteiger partial charge on any atom is 0.329 e. The highest BCUT2D eigenvalue weighted by Crippen LogP contribution is 2.12. The predicted octanol–water partition coefficient (Wildman–Crippen LogP) is 1.85. The minimum atomic E-state index is -1.24. The largest absolute Gasteiger partial charge is 0.480 e. The van der Waals surface area contributed by atoms with Gasteiger partial charge in [-0.2, -0.15) is 0 Å². The summed E-state index contributed by atoms with van der Waals surface area (Å²) in [5.41, 5.74) is -0.592. The van der Waals surface area contributed by atoms with Crippen LogP contribution in [0, 0.1) is 0 Å². The van der Waals surface area contributed by atoms with Gasteiger partial charge in [0, 0.05) is 12.3 Å². The van der Waals surface area contributed by atoms with Crippen molar-refractivity contribution in [3.63, 3.8) is 0 Å². The molecule has 0 bridgehead atoms. The third kappa shape index (κ3) is 4.54. The van der Waals surface area contributed by atoms with Gasteiger partial charge in [-0.25, -0.2) is 4.79 Å². The van der Waals surface area contributed by atoms with Gasteiger partial charge in [0.15, 0.2) is 0 Å². The van der Waals surface area contributed by atoms with Crippen molar-refractivity contribution in [3.8, 4) is 0 Å². The fourth-order valence-electron chi connectivity index (χ4n) is 1.67. The molecule has 0 radical (unpaired) electrons. The first-order valence-corrected chi connectivity index (χ1v) is 6.12. The summed E-state index contributed by atoms with van der Waals surface area (Å²) in [6.45, 7) is 3.38. The number of carboxylic acids is 1. The Morgan fingerprint density at radius 1 is 1.47 bits per heavy atom. The van der Waals surface area contributed by atoms with E-state index in [-0.39, 0.29) is 0 Å². The SMILES string of the molecule is CCCC(C)(NC(=O)C=Cc1ccccn1)C(=O)O. The average molecular weight is 262 g/mol. The molecule has 0 aliphatic carbocycles. The highest BCUT2D eigenvalue weighted by molar-refractivity contribution is 5.95. The minimum Gasteiger partial charge on any atom is -0.480 e. The predicted molar refractivity (Wildman–Crippen MR) is 72.4 cm³/mol. The van der Waals surface area contributed by atoms with Crippen LogP contribution in [0.5, 0.6) is 0 Å². The third-order valence-corrected chi connectivity index (χ3v) is 2.71. The number of hydrogen-bond acceptors (Lipinski definition) is 3. The van der Waals surface area contributed by atoms with E-state index in [1.807, 2.05) is 13.0 Å². The number of aliphatic carboxylic acids is 1. The van der Waals surface area contributed by atoms with Gasteiger partial charge in [-0.05, 0) is 31.6 Å². The first kappa shape index (κ1) is 14.9. The van der Waals surface area contributed by atoms with Crippen LogP contribution < -0.4 is 5.32 Å². The number of amides is 1. The number of aromatic nitrogens is 1. The molecule has 1 aromatic heterocycles. The second kappa shape index (κ2) is 6.68. The van der Waals surface area contributed by atoms with Gasteiger partial charge in [0.1, 0.15) is 5.54 Å². The van der Waals surface area contributed by atoms with Crippen LogP contribution in [0.25, 0.3) is 6.08 Å². The van der Waals surface area contributed by atoms with E-state index in [1.165, 1.54) is 13.0 Å². The molecule has 1 amide bonds. The number of carbonyl (C=O) groups is 2. The van der Waals surface area contributed by atoms with E-state index in [2.05, 4.69) is 10.3 Å². The van der Waals surface area contributed by atoms with Crippen LogP contribution in [0.3, 0.4) is 0 Å². The monoisotopic (exact) mass is 262 g/mol. The zero-order chi connectivity index (χ0) is 14.3. The zero-order valence-corrected chi connectivity index (χ0v) is 11.1. The smallest absolute Gasteiger partial charge is 0.329 e. The van der Waals surface area contributed by atoms with E-state index >= 15 is 0 Å². The lowest BCUT2D eigenvalue weighted by Gasteiger charge is -2.24. The molecule has 2 N–H and O–H groups in total. The van der Waals surface area contributed by atoms with Gasteiger partial charge in [-0.15, -0.1) is 0 Å². The van der Waals surface area contributed by atoms with Crippen molar-refractivity contribution in [2.75, 3.05) is 0 Å². The Morgan fingerprint density at radius 3 is 2.74 bits per heavy atom. The van der Waals surface area contributed by atoms with Gasteiger partial charge < -0.3 is 10.4 Å². The van der Waals surface area contributed by atoms with Gasteiger partial charge in [0.25, 0.3) is 0 Å². The normalized spacial score (nSPS) is 14.0. The van der Waals surface area contributed by atoms with Crippen LogP contribution in [-0.4, -0.2) is 27.5 Å². The highest BCUT2D eigenvalue weighted by Gasteiger charge is 2.33. The van der Waals surface area contributed by atoms with Gasteiger partial charge in [0.2, 0.25) is 5.91 Å². The number of hydrogen-bond donors (Lipinski definition) is 2. The first-order chi connectivity index (χ1) is 8.98. The Kier molecular flexibility index (Phi) is 5.23. The number of carboxylic acid groups (broad SMARTS) is 1. The van der Waals surface area contributed by atoms with Gasteiger partial charge in [-0.1, -0.05) is 19.4 Å². The molecule has 5 heteroatoms. The third-order valence-electron chi connectivity index (χ3n) is 2.71. The van der Waals surface area contributed by atoms with Crippen LogP contribution in [0.1, 0.15) is 32.4 Å². The van der Waals surface area contributed by atoms with E-state index in [1.54, 1.807) is 24.4 Å². The summed E-state index contributed by atoms with van der Waals surface area (Å²) < 4.78 is 0. The number of nitrogens with zero attached hydrogens (tertiary/aromatic N) is 1. The summed E-state index contributed by atoms with van der Waals surface area (Å²) in [7, 11) is 0. The topological polar surface area (TPSA) is 79.3 Å². The van der Waals surface area contributed by atoms with Crippen LogP contribution in [0.15, 0.2) is 30.5 Å². The van der Waals surface area contributed by atoms with Crippen LogP contribution in [-0.2, 0) is 9.59 Å². The van der Waals surface area contributed by atoms with Gasteiger partial charge in [0.05, 0.1) is 5.69 Å². The van der Waals surface area contributed by atoms with Crippen LogP contribution >= 0.6 is 0 Å². The summed E-state index contributed by atoms with van der Waals surface area (Å²) in [5, 5.41) is 11.7. The Hall–Kier alpha value is -2.17. The second-order valence-corrected chi connectivity index (χ2v) is 4.46.